The van der Waals surface area contributed by atoms with Crippen molar-refractivity contribution in [2.24, 2.45) is 0 Å². The molecule has 0 saturated carbocycles. The minimum absolute atomic E-state index is 0.0459. The van der Waals surface area contributed by atoms with E-state index in [2.05, 4.69) is 5.09 Å². The zero-order chi connectivity index (χ0) is 31.7. The fourth-order valence-electron chi connectivity index (χ4n) is 4.42. The van der Waals surface area contributed by atoms with Crippen LogP contribution in [0, 0.1) is 0 Å². The molecule has 16 heteroatoms. The molecular formula is C27H29ClF3N2O9P. The lowest BCUT2D eigenvalue weighted by Crippen LogP contribution is -2.51. The van der Waals surface area contributed by atoms with Crippen molar-refractivity contribution in [3.8, 4) is 5.75 Å². The number of aliphatic hydroxyl groups is 1. The predicted octanol–water partition coefficient (Wildman–Crippen LogP) is 4.21. The van der Waals surface area contributed by atoms with Crippen molar-refractivity contribution in [3.05, 3.63) is 53.7 Å². The summed E-state index contributed by atoms with van der Waals surface area (Å²) in [6.45, 7) is 2.94. The number of ketones is 1. The number of hydrogen-bond acceptors (Lipinski definition) is 9. The lowest BCUT2D eigenvalue weighted by Gasteiger charge is -2.33. The van der Waals surface area contributed by atoms with Crippen molar-refractivity contribution < 1.29 is 55.7 Å². The third kappa shape index (κ3) is 7.05. The van der Waals surface area contributed by atoms with E-state index in [4.69, 9.17) is 30.1 Å². The number of rotatable bonds is 11. The van der Waals surface area contributed by atoms with Crippen LogP contribution >= 0.6 is 19.3 Å². The predicted molar refractivity (Wildman–Crippen MR) is 147 cm³/mol. The maximum absolute atomic E-state index is 15.5. The molecule has 2 aliphatic heterocycles. The second-order valence-corrected chi connectivity index (χ2v) is 12.3. The van der Waals surface area contributed by atoms with Gasteiger partial charge >= 0.3 is 13.7 Å². The first kappa shape index (κ1) is 32.9. The van der Waals surface area contributed by atoms with Crippen LogP contribution < -0.4 is 9.61 Å². The average molecular weight is 649 g/mol. The van der Waals surface area contributed by atoms with Gasteiger partial charge in [-0.05, 0) is 43.7 Å². The van der Waals surface area contributed by atoms with E-state index < -0.39 is 86.1 Å². The van der Waals surface area contributed by atoms with Gasteiger partial charge < -0.3 is 19.1 Å². The van der Waals surface area contributed by atoms with Gasteiger partial charge in [-0.25, -0.2) is 17.7 Å². The van der Waals surface area contributed by atoms with Gasteiger partial charge in [-0.3, -0.25) is 23.8 Å². The molecule has 2 aromatic rings. The summed E-state index contributed by atoms with van der Waals surface area (Å²) in [4.78, 5) is 37.1. The lowest BCUT2D eigenvalue weighted by atomic mass is 9.98. The number of aliphatic hydroxyl groups excluding tert-OH is 1. The van der Waals surface area contributed by atoms with Crippen molar-refractivity contribution in [3.63, 3.8) is 0 Å². The van der Waals surface area contributed by atoms with E-state index in [-0.39, 0.29) is 5.75 Å². The Kier molecular flexibility index (Phi) is 9.89. The third-order valence-electron chi connectivity index (χ3n) is 6.62. The fraction of sp³-hybridized carbons (Fsp3) is 0.444. The molecule has 2 aliphatic rings. The monoisotopic (exact) mass is 648 g/mol. The Hall–Kier alpha value is -3.00. The maximum Gasteiger partial charge on any atom is 0.459 e. The second-order valence-electron chi connectivity index (χ2n) is 10.2. The number of hydrogen-bond donors (Lipinski definition) is 2. The number of alkyl halides is 3. The molecule has 6 atom stereocenters. The van der Waals surface area contributed by atoms with Crippen LogP contribution in [0.4, 0.5) is 13.2 Å². The van der Waals surface area contributed by atoms with Gasteiger partial charge in [0.1, 0.15) is 22.9 Å². The molecule has 0 aliphatic carbocycles. The Morgan fingerprint density at radius 1 is 1.21 bits per heavy atom. The topological polar surface area (TPSA) is 141 Å². The zero-order valence-electron chi connectivity index (χ0n) is 23.1. The highest BCUT2D eigenvalue weighted by Crippen LogP contribution is 2.49. The summed E-state index contributed by atoms with van der Waals surface area (Å²) in [7, 11) is -4.81. The van der Waals surface area contributed by atoms with Gasteiger partial charge in [-0.15, -0.1) is 0 Å². The van der Waals surface area contributed by atoms with Crippen LogP contribution in [0.3, 0.4) is 0 Å². The van der Waals surface area contributed by atoms with Gasteiger partial charge in [0.25, 0.3) is 6.43 Å². The Morgan fingerprint density at radius 3 is 2.53 bits per heavy atom. The summed E-state index contributed by atoms with van der Waals surface area (Å²) in [5, 5.41) is 13.8. The van der Waals surface area contributed by atoms with Crippen LogP contribution in [-0.2, 0) is 32.9 Å². The highest BCUT2D eigenvalue weighted by atomic mass is 35.5. The number of benzene rings is 2. The van der Waals surface area contributed by atoms with E-state index in [1.165, 1.54) is 19.1 Å². The van der Waals surface area contributed by atoms with Crippen LogP contribution in [-0.4, -0.2) is 76.9 Å². The molecule has 0 spiro atoms. The molecule has 4 rings (SSSR count). The number of nitrogens with zero attached hydrogens (tertiary/aromatic N) is 1. The molecule has 234 valence electrons. The molecule has 1 unspecified atom stereocenters. The first-order chi connectivity index (χ1) is 20.2. The largest absolute Gasteiger partial charge is 0.462 e. The van der Waals surface area contributed by atoms with Crippen LogP contribution in [0.5, 0.6) is 5.75 Å². The summed E-state index contributed by atoms with van der Waals surface area (Å²) in [5.41, 5.74) is -3.27. The molecule has 0 aromatic heterocycles. The summed E-state index contributed by atoms with van der Waals surface area (Å²) in [6, 6.07) is 10.2. The minimum Gasteiger partial charge on any atom is -0.462 e. The fourth-order valence-corrected chi connectivity index (χ4v) is 6.11. The Balaban J connectivity index is 1.63. The van der Waals surface area contributed by atoms with Crippen LogP contribution in [0.1, 0.15) is 27.2 Å². The first-order valence-corrected chi connectivity index (χ1v) is 15.0. The Morgan fingerprint density at radius 2 is 1.88 bits per heavy atom. The molecule has 2 aromatic carbocycles. The van der Waals surface area contributed by atoms with E-state index in [0.29, 0.717) is 10.3 Å². The highest BCUT2D eigenvalue weighted by Gasteiger charge is 2.64. The molecule has 1 fully saturated rings. The second kappa shape index (κ2) is 12.9. The van der Waals surface area contributed by atoms with E-state index in [9.17, 15) is 32.8 Å². The number of ether oxygens (including phenoxy) is 2. The molecular weight excluding hydrogens is 620 g/mol. The molecule has 0 radical (unpaired) electrons. The first-order valence-electron chi connectivity index (χ1n) is 13.1. The average Bonchev–Trinajstić information content (AvgIpc) is 3.19. The van der Waals surface area contributed by atoms with Crippen molar-refractivity contribution in [2.75, 3.05) is 6.61 Å². The van der Waals surface area contributed by atoms with Gasteiger partial charge in [0.2, 0.25) is 5.91 Å². The maximum atomic E-state index is 15.5. The molecule has 1 saturated heterocycles. The van der Waals surface area contributed by atoms with E-state index in [0.717, 1.165) is 11.6 Å². The van der Waals surface area contributed by atoms with Crippen molar-refractivity contribution >= 4 is 47.8 Å². The third-order valence-corrected chi connectivity index (χ3v) is 8.56. The van der Waals surface area contributed by atoms with Gasteiger partial charge in [0, 0.05) is 6.20 Å². The number of fused-ring (bicyclic) bond motifs is 1. The zero-order valence-corrected chi connectivity index (χ0v) is 24.8. The highest BCUT2D eigenvalue weighted by molar-refractivity contribution is 7.52. The number of nitrogens with one attached hydrogen (secondary N) is 1. The van der Waals surface area contributed by atoms with Crippen molar-refractivity contribution in [1.82, 2.24) is 9.99 Å². The van der Waals surface area contributed by atoms with Crippen LogP contribution in [0.15, 0.2) is 53.7 Å². The standard InChI is InChI=1S/C27H29ClF3N2O9P/c1-14(2)40-25(37)15(3)32-43(38,42-18-9-8-16-6-4-5-7-17(16)10-18)39-13-27(26(30)31)23(29)22(36)24(41-27)33-12-19(28)20(34)11-21(33)35/h4-10,12,14-15,22-24,26,36H,11,13H2,1-3H3,(H,32,38)/t15-,22+,23+,24+,27+,43?/m0/s1. The quantitative estimate of drug-likeness (QED) is 0.207. The lowest BCUT2D eigenvalue weighted by molar-refractivity contribution is -0.193. The number of allylic oxidation sites excluding steroid dienone is 1. The summed E-state index contributed by atoms with van der Waals surface area (Å²) >= 11 is 5.78. The number of Topliss-reactive ketones (excluding diaryl/α,β-unsaturated/α-hetero) is 1. The number of halogens is 4. The number of amides is 1. The Bertz CT molecular complexity index is 1480. The number of carbonyl (C=O) groups is 3. The molecule has 0 bridgehead atoms. The van der Waals surface area contributed by atoms with Crippen LogP contribution in [0.2, 0.25) is 0 Å². The van der Waals surface area contributed by atoms with E-state index >= 15 is 4.39 Å². The van der Waals surface area contributed by atoms with Gasteiger partial charge in [0.15, 0.2) is 23.8 Å². The van der Waals surface area contributed by atoms with Gasteiger partial charge in [0.05, 0.1) is 19.1 Å². The minimum atomic E-state index is -4.81. The molecule has 43 heavy (non-hydrogen) atoms. The summed E-state index contributed by atoms with van der Waals surface area (Å²) in [6.07, 6.45) is -11.5. The van der Waals surface area contributed by atoms with Crippen molar-refractivity contribution in [2.45, 2.75) is 69.9 Å². The summed E-state index contributed by atoms with van der Waals surface area (Å²) in [5.74, 6) is -2.67. The van der Waals surface area contributed by atoms with Gasteiger partial charge in [-0.2, -0.15) is 5.09 Å². The van der Waals surface area contributed by atoms with Gasteiger partial charge in [-0.1, -0.05) is 41.9 Å². The SMILES string of the molecule is CC(C)OC(=O)[C@H](C)NP(=O)(OC[C@@]1(C(F)F)O[C@@H](N2C=C(Cl)C(=O)CC2=O)[C@H](O)[C@H]1F)Oc1ccc2ccccc2c1. The van der Waals surface area contributed by atoms with E-state index in [1.807, 2.05) is 0 Å². The molecule has 1 amide bonds. The summed E-state index contributed by atoms with van der Waals surface area (Å²) < 4.78 is 79.7. The smallest absolute Gasteiger partial charge is 0.459 e. The molecule has 11 nitrogen and oxygen atoms in total. The van der Waals surface area contributed by atoms with Crippen LogP contribution in [0.25, 0.3) is 10.8 Å². The Labute approximate surface area is 249 Å². The van der Waals surface area contributed by atoms with Crippen molar-refractivity contribution in [1.29, 1.82) is 0 Å². The molecule has 2 heterocycles. The number of esters is 1. The molecule has 2 N–H and O–H groups in total. The normalized spacial score (nSPS) is 26.5. The number of carbonyl (C=O) groups excluding carboxylic acids is 3. The van der Waals surface area contributed by atoms with E-state index in [1.54, 1.807) is 44.2 Å².